The van der Waals surface area contributed by atoms with Crippen LogP contribution in [0.2, 0.25) is 5.02 Å². The monoisotopic (exact) mass is 330 g/mol. The van der Waals surface area contributed by atoms with Gasteiger partial charge in [-0.15, -0.1) is 0 Å². The van der Waals surface area contributed by atoms with E-state index in [9.17, 15) is 5.11 Å². The van der Waals surface area contributed by atoms with Crippen LogP contribution in [0.1, 0.15) is 38.2 Å². The summed E-state index contributed by atoms with van der Waals surface area (Å²) >= 11 is 6.47. The molecule has 1 saturated carbocycles. The summed E-state index contributed by atoms with van der Waals surface area (Å²) in [5.41, 5.74) is 4.48. The Hall–Kier alpha value is -1.87. The Bertz CT molecular complexity index is 689. The summed E-state index contributed by atoms with van der Waals surface area (Å²) in [6, 6.07) is 4.52. The molecule has 0 amide bonds. The zero-order valence-corrected chi connectivity index (χ0v) is 14.3. The number of fused-ring (bicyclic) bond motifs is 1. The maximum atomic E-state index is 9.90. The van der Waals surface area contributed by atoms with Crippen molar-refractivity contribution in [2.45, 2.75) is 38.6 Å². The highest BCUT2D eigenvalue weighted by Gasteiger charge is 2.34. The highest BCUT2D eigenvalue weighted by molar-refractivity contribution is 6.33. The van der Waals surface area contributed by atoms with E-state index >= 15 is 0 Å². The maximum Gasteiger partial charge on any atom is 0.117 e. The lowest BCUT2D eigenvalue weighted by molar-refractivity contribution is 0.429. The van der Waals surface area contributed by atoms with Gasteiger partial charge in [-0.3, -0.25) is 0 Å². The van der Waals surface area contributed by atoms with Crippen LogP contribution >= 0.6 is 11.6 Å². The van der Waals surface area contributed by atoms with E-state index in [0.29, 0.717) is 11.6 Å². The average molecular weight is 331 g/mol. The number of benzene rings is 1. The van der Waals surface area contributed by atoms with Crippen molar-refractivity contribution >= 4 is 28.5 Å². The molecule has 3 nitrogen and oxygen atoms in total. The fraction of sp³-hybridized carbons (Fsp3) is 0.368. The van der Waals surface area contributed by atoms with Gasteiger partial charge in [0.25, 0.3) is 0 Å². The molecule has 1 aromatic rings. The number of nitrogens with one attached hydrogen (secondary N) is 1. The Labute approximate surface area is 143 Å². The molecule has 1 aromatic carbocycles. The number of halogens is 1. The number of aliphatic hydroxyl groups is 1. The van der Waals surface area contributed by atoms with Crippen LogP contribution in [0.3, 0.4) is 0 Å². The van der Waals surface area contributed by atoms with Gasteiger partial charge in [-0.25, -0.2) is 0 Å². The Balaban J connectivity index is 2.00. The van der Waals surface area contributed by atoms with Gasteiger partial charge in [0.15, 0.2) is 0 Å². The molecule has 2 aliphatic rings. The minimum Gasteiger partial charge on any atom is -0.508 e. The molecule has 0 radical (unpaired) electrons. The number of rotatable bonds is 6. The largest absolute Gasteiger partial charge is 0.508 e. The van der Waals surface area contributed by atoms with Crippen molar-refractivity contribution in [1.82, 2.24) is 0 Å². The van der Waals surface area contributed by atoms with Crippen LogP contribution in [0.5, 0.6) is 0 Å². The van der Waals surface area contributed by atoms with E-state index in [0.717, 1.165) is 59.8 Å². The molecule has 3 rings (SSSR count). The fourth-order valence-corrected chi connectivity index (χ4v) is 3.11. The van der Waals surface area contributed by atoms with Crippen LogP contribution < -0.4 is 10.2 Å². The van der Waals surface area contributed by atoms with E-state index in [1.807, 2.05) is 18.3 Å². The zero-order chi connectivity index (χ0) is 16.6. The van der Waals surface area contributed by atoms with Gasteiger partial charge in [-0.1, -0.05) is 38.1 Å². The summed E-state index contributed by atoms with van der Waals surface area (Å²) < 4.78 is 0. The highest BCUT2D eigenvalue weighted by Crippen LogP contribution is 2.46. The third-order valence-corrected chi connectivity index (χ3v) is 4.69. The number of hydrogen-bond acceptors (Lipinski definition) is 3. The van der Waals surface area contributed by atoms with Gasteiger partial charge >= 0.3 is 0 Å². The van der Waals surface area contributed by atoms with E-state index in [2.05, 4.69) is 30.3 Å². The molecule has 23 heavy (non-hydrogen) atoms. The van der Waals surface area contributed by atoms with Gasteiger partial charge in [0.2, 0.25) is 0 Å². The Morgan fingerprint density at radius 3 is 2.78 bits per heavy atom. The Morgan fingerprint density at radius 2 is 2.17 bits per heavy atom. The normalized spacial score (nSPS) is 16.9. The first-order chi connectivity index (χ1) is 11.0. The lowest BCUT2D eigenvalue weighted by atomic mass is 9.93. The lowest BCUT2D eigenvalue weighted by Gasteiger charge is -2.31. The SMILES string of the molecule is C=C(O)C1=CN(C2CC2)c2cc(Cl)c(NCCCC)cc2C1=C. The molecule has 1 heterocycles. The number of nitrogens with zero attached hydrogens (tertiary/aromatic N) is 1. The van der Waals surface area contributed by atoms with Crippen LogP contribution in [-0.2, 0) is 0 Å². The van der Waals surface area contributed by atoms with Gasteiger partial charge < -0.3 is 15.3 Å². The number of allylic oxidation sites excluding steroid dienone is 1. The standard InChI is InChI=1S/C19H23ClN2O/c1-4-5-8-21-18-9-15-12(2)16(13(3)23)11-22(14-6-7-14)19(15)10-17(18)20/h9-11,14,21,23H,2-8H2,1H3. The van der Waals surface area contributed by atoms with Crippen LogP contribution in [0.15, 0.2) is 42.8 Å². The predicted molar refractivity (Wildman–Crippen MR) is 99.2 cm³/mol. The maximum absolute atomic E-state index is 9.90. The second-order valence-electron chi connectivity index (χ2n) is 6.24. The molecule has 0 aromatic heterocycles. The first-order valence-corrected chi connectivity index (χ1v) is 8.56. The smallest absolute Gasteiger partial charge is 0.117 e. The topological polar surface area (TPSA) is 35.5 Å². The third kappa shape index (κ3) is 3.11. The summed E-state index contributed by atoms with van der Waals surface area (Å²) in [6.07, 6.45) is 6.49. The first kappa shape index (κ1) is 16.0. The molecule has 1 aliphatic heterocycles. The van der Waals surface area contributed by atoms with E-state index in [4.69, 9.17) is 11.6 Å². The van der Waals surface area contributed by atoms with Crippen molar-refractivity contribution in [1.29, 1.82) is 0 Å². The zero-order valence-electron chi connectivity index (χ0n) is 13.5. The molecule has 4 heteroatoms. The van der Waals surface area contributed by atoms with Gasteiger partial charge in [0, 0.05) is 29.9 Å². The van der Waals surface area contributed by atoms with Crippen LogP contribution in [0.4, 0.5) is 11.4 Å². The van der Waals surface area contributed by atoms with Crippen molar-refractivity contribution < 1.29 is 5.11 Å². The summed E-state index contributed by atoms with van der Waals surface area (Å²) in [7, 11) is 0. The van der Waals surface area contributed by atoms with Crippen molar-refractivity contribution in [3.8, 4) is 0 Å². The molecule has 0 spiro atoms. The molecule has 0 atom stereocenters. The van der Waals surface area contributed by atoms with Crippen LogP contribution in [-0.4, -0.2) is 17.7 Å². The molecule has 2 N–H and O–H groups in total. The van der Waals surface area contributed by atoms with Crippen LogP contribution in [0, 0.1) is 0 Å². The van der Waals surface area contributed by atoms with Crippen molar-refractivity contribution in [3.05, 3.63) is 53.4 Å². The second-order valence-corrected chi connectivity index (χ2v) is 6.64. The summed E-state index contributed by atoms with van der Waals surface area (Å²) in [6.45, 7) is 10.9. The molecule has 1 fully saturated rings. The second kappa shape index (κ2) is 6.32. The molecule has 1 aliphatic carbocycles. The molecular weight excluding hydrogens is 308 g/mol. The van der Waals surface area contributed by atoms with Gasteiger partial charge in [-0.05, 0) is 37.0 Å². The number of unbranched alkanes of at least 4 members (excludes halogenated alkanes) is 1. The van der Waals surface area contributed by atoms with E-state index in [-0.39, 0.29) is 5.76 Å². The van der Waals surface area contributed by atoms with E-state index in [1.54, 1.807) is 0 Å². The molecule has 122 valence electrons. The number of aliphatic hydroxyl groups excluding tert-OH is 1. The van der Waals surface area contributed by atoms with E-state index < -0.39 is 0 Å². The Kier molecular flexibility index (Phi) is 4.40. The Morgan fingerprint density at radius 1 is 1.43 bits per heavy atom. The van der Waals surface area contributed by atoms with Crippen molar-refractivity contribution in [2.75, 3.05) is 16.8 Å². The molecule has 0 bridgehead atoms. The molecule has 0 unspecified atom stereocenters. The van der Waals surface area contributed by atoms with Crippen molar-refractivity contribution in [2.24, 2.45) is 0 Å². The first-order valence-electron chi connectivity index (χ1n) is 8.18. The predicted octanol–water partition coefficient (Wildman–Crippen LogP) is 5.50. The third-order valence-electron chi connectivity index (χ3n) is 4.38. The molecule has 0 saturated heterocycles. The molecular formula is C19H23ClN2O. The van der Waals surface area contributed by atoms with Gasteiger partial charge in [-0.2, -0.15) is 0 Å². The summed E-state index contributed by atoms with van der Waals surface area (Å²) in [5.74, 6) is 0.0572. The minimum atomic E-state index is 0.0572. The number of hydrogen-bond donors (Lipinski definition) is 2. The van der Waals surface area contributed by atoms with Gasteiger partial charge in [0.1, 0.15) is 5.76 Å². The lowest BCUT2D eigenvalue weighted by Crippen LogP contribution is -2.24. The highest BCUT2D eigenvalue weighted by atomic mass is 35.5. The van der Waals surface area contributed by atoms with Crippen LogP contribution in [0.25, 0.3) is 5.57 Å². The minimum absolute atomic E-state index is 0.0572. The summed E-state index contributed by atoms with van der Waals surface area (Å²) in [4.78, 5) is 2.20. The fourth-order valence-electron chi connectivity index (χ4n) is 2.89. The van der Waals surface area contributed by atoms with Gasteiger partial charge in [0.05, 0.1) is 16.4 Å². The summed E-state index contributed by atoms with van der Waals surface area (Å²) in [5, 5.41) is 14.0. The van der Waals surface area contributed by atoms with Crippen molar-refractivity contribution in [3.63, 3.8) is 0 Å². The average Bonchev–Trinajstić information content (AvgIpc) is 3.33. The van der Waals surface area contributed by atoms with E-state index in [1.165, 1.54) is 0 Å². The number of anilines is 2. The quantitative estimate of drug-likeness (QED) is 0.533.